The Balaban J connectivity index is 1.43. The van der Waals surface area contributed by atoms with Gasteiger partial charge in [0.2, 0.25) is 15.9 Å². The fourth-order valence-electron chi connectivity index (χ4n) is 3.41. The van der Waals surface area contributed by atoms with E-state index in [9.17, 15) is 13.2 Å². The monoisotopic (exact) mass is 435 g/mol. The van der Waals surface area contributed by atoms with E-state index in [1.807, 2.05) is 0 Å². The number of hydrogen-bond donors (Lipinski definition) is 1. The third-order valence-corrected chi connectivity index (χ3v) is 6.93. The van der Waals surface area contributed by atoms with Crippen LogP contribution in [-0.4, -0.2) is 56.8 Å². The molecular formula is C21H26ClN3O3S. The molecule has 0 bridgehead atoms. The topological polar surface area (TPSA) is 69.7 Å². The van der Waals surface area contributed by atoms with E-state index < -0.39 is 10.0 Å². The number of hydrogen-bond acceptors (Lipinski definition) is 4. The minimum atomic E-state index is -3.73. The summed E-state index contributed by atoms with van der Waals surface area (Å²) >= 11 is 5.95. The molecule has 0 unspecified atom stereocenters. The lowest BCUT2D eigenvalue weighted by Crippen LogP contribution is -2.48. The van der Waals surface area contributed by atoms with Crippen LogP contribution in [0, 0.1) is 6.92 Å². The highest BCUT2D eigenvalue weighted by Crippen LogP contribution is 2.20. The van der Waals surface area contributed by atoms with Gasteiger partial charge in [-0.25, -0.2) is 13.1 Å². The van der Waals surface area contributed by atoms with E-state index in [1.165, 1.54) is 23.3 Å². The van der Waals surface area contributed by atoms with Gasteiger partial charge in [0, 0.05) is 45.7 Å². The quantitative estimate of drug-likeness (QED) is 0.725. The lowest BCUT2D eigenvalue weighted by atomic mass is 10.1. The molecule has 1 N–H and O–H groups in total. The van der Waals surface area contributed by atoms with Gasteiger partial charge in [0.15, 0.2) is 0 Å². The molecule has 3 rings (SSSR count). The largest absolute Gasteiger partial charge is 0.340 e. The van der Waals surface area contributed by atoms with Crippen molar-refractivity contribution in [3.05, 3.63) is 64.7 Å². The maximum atomic E-state index is 12.4. The normalized spacial score (nSPS) is 15.4. The highest BCUT2D eigenvalue weighted by atomic mass is 35.5. The molecule has 0 spiro atoms. The Bertz CT molecular complexity index is 957. The smallest absolute Gasteiger partial charge is 0.242 e. The van der Waals surface area contributed by atoms with Crippen LogP contribution in [0.2, 0.25) is 5.02 Å². The molecular weight excluding hydrogens is 410 g/mol. The Morgan fingerprint density at radius 1 is 1.07 bits per heavy atom. The minimum Gasteiger partial charge on any atom is -0.340 e. The first-order valence-electron chi connectivity index (χ1n) is 9.65. The molecule has 156 valence electrons. The number of piperazine rings is 1. The van der Waals surface area contributed by atoms with Crippen LogP contribution in [0.15, 0.2) is 53.4 Å². The van der Waals surface area contributed by atoms with Crippen molar-refractivity contribution >= 4 is 27.5 Å². The summed E-state index contributed by atoms with van der Waals surface area (Å²) in [6.07, 6.45) is 0.127. The van der Waals surface area contributed by atoms with E-state index in [-0.39, 0.29) is 28.8 Å². The second-order valence-corrected chi connectivity index (χ2v) is 9.37. The SMILES string of the molecule is Cc1cccc(CN2CCN(C(=O)CCNS(=O)(=O)c3ccccc3Cl)CC2)c1. The number of nitrogens with one attached hydrogen (secondary N) is 1. The molecule has 0 radical (unpaired) electrons. The van der Waals surface area contributed by atoms with Crippen LogP contribution in [0.25, 0.3) is 0 Å². The summed E-state index contributed by atoms with van der Waals surface area (Å²) in [6, 6.07) is 14.7. The van der Waals surface area contributed by atoms with Gasteiger partial charge in [-0.15, -0.1) is 0 Å². The molecule has 0 aromatic heterocycles. The Morgan fingerprint density at radius 2 is 1.79 bits per heavy atom. The van der Waals surface area contributed by atoms with Crippen molar-refractivity contribution in [2.45, 2.75) is 24.8 Å². The van der Waals surface area contributed by atoms with Gasteiger partial charge >= 0.3 is 0 Å². The number of amides is 1. The zero-order chi connectivity index (χ0) is 20.9. The molecule has 2 aromatic carbocycles. The third kappa shape index (κ3) is 6.02. The van der Waals surface area contributed by atoms with E-state index in [2.05, 4.69) is 40.8 Å². The van der Waals surface area contributed by atoms with Crippen molar-refractivity contribution in [1.29, 1.82) is 0 Å². The zero-order valence-electron chi connectivity index (χ0n) is 16.5. The van der Waals surface area contributed by atoms with Gasteiger partial charge in [0.05, 0.1) is 5.02 Å². The molecule has 1 amide bonds. The van der Waals surface area contributed by atoms with Gasteiger partial charge in [0.1, 0.15) is 4.90 Å². The van der Waals surface area contributed by atoms with Gasteiger partial charge in [-0.1, -0.05) is 53.6 Å². The van der Waals surface area contributed by atoms with E-state index in [0.29, 0.717) is 13.1 Å². The van der Waals surface area contributed by atoms with E-state index in [1.54, 1.807) is 17.0 Å². The lowest BCUT2D eigenvalue weighted by Gasteiger charge is -2.35. The molecule has 6 nitrogen and oxygen atoms in total. The Kier molecular flexibility index (Phi) is 7.29. The number of sulfonamides is 1. The molecule has 2 aromatic rings. The van der Waals surface area contributed by atoms with Crippen LogP contribution in [0.1, 0.15) is 17.5 Å². The summed E-state index contributed by atoms with van der Waals surface area (Å²) in [5.74, 6) is -0.0398. The summed E-state index contributed by atoms with van der Waals surface area (Å²) < 4.78 is 27.1. The Morgan fingerprint density at radius 3 is 2.48 bits per heavy atom. The van der Waals surface area contributed by atoms with Crippen LogP contribution >= 0.6 is 11.6 Å². The van der Waals surface area contributed by atoms with Crippen molar-refractivity contribution in [2.75, 3.05) is 32.7 Å². The summed E-state index contributed by atoms with van der Waals surface area (Å²) in [4.78, 5) is 16.6. The number of halogens is 1. The fourth-order valence-corrected chi connectivity index (χ4v) is 4.96. The summed E-state index contributed by atoms with van der Waals surface area (Å²) in [5.41, 5.74) is 2.52. The molecule has 29 heavy (non-hydrogen) atoms. The molecule has 0 saturated carbocycles. The average molecular weight is 436 g/mol. The number of carbonyl (C=O) groups is 1. The molecule has 1 aliphatic rings. The number of benzene rings is 2. The highest BCUT2D eigenvalue weighted by Gasteiger charge is 2.22. The highest BCUT2D eigenvalue weighted by molar-refractivity contribution is 7.89. The van der Waals surface area contributed by atoms with Crippen molar-refractivity contribution in [2.24, 2.45) is 0 Å². The summed E-state index contributed by atoms with van der Waals surface area (Å²) in [5, 5.41) is 0.163. The Hall–Kier alpha value is -1.93. The average Bonchev–Trinajstić information content (AvgIpc) is 2.68. The predicted molar refractivity (Wildman–Crippen MR) is 114 cm³/mol. The first-order chi connectivity index (χ1) is 13.8. The van der Waals surface area contributed by atoms with Crippen molar-refractivity contribution in [3.8, 4) is 0 Å². The lowest BCUT2D eigenvalue weighted by molar-refractivity contribution is -0.132. The van der Waals surface area contributed by atoms with Crippen LogP contribution < -0.4 is 4.72 Å². The first kappa shape index (κ1) is 21.8. The fraction of sp³-hybridized carbons (Fsp3) is 0.381. The first-order valence-corrected chi connectivity index (χ1v) is 11.5. The van der Waals surface area contributed by atoms with Crippen molar-refractivity contribution < 1.29 is 13.2 Å². The van der Waals surface area contributed by atoms with Gasteiger partial charge in [-0.05, 0) is 24.6 Å². The van der Waals surface area contributed by atoms with E-state index >= 15 is 0 Å². The minimum absolute atomic E-state index is 0.0267. The molecule has 1 saturated heterocycles. The summed E-state index contributed by atoms with van der Waals surface area (Å²) in [6.45, 7) is 5.94. The Labute approximate surface area is 177 Å². The van der Waals surface area contributed by atoms with Gasteiger partial charge < -0.3 is 4.90 Å². The second kappa shape index (κ2) is 9.71. The second-order valence-electron chi connectivity index (χ2n) is 7.22. The summed E-state index contributed by atoms with van der Waals surface area (Å²) in [7, 11) is -3.73. The number of rotatable bonds is 7. The standard InChI is InChI=1S/C21H26ClN3O3S/c1-17-5-4-6-18(15-17)16-24-11-13-25(14-12-24)21(26)9-10-23-29(27,28)20-8-3-2-7-19(20)22/h2-8,15,23H,9-14,16H2,1H3. The third-order valence-electron chi connectivity index (χ3n) is 4.97. The van der Waals surface area contributed by atoms with Crippen LogP contribution in [0.5, 0.6) is 0 Å². The van der Waals surface area contributed by atoms with E-state index in [0.717, 1.165) is 19.6 Å². The number of carbonyl (C=O) groups excluding carboxylic acids is 1. The zero-order valence-corrected chi connectivity index (χ0v) is 18.0. The van der Waals surface area contributed by atoms with Crippen molar-refractivity contribution in [3.63, 3.8) is 0 Å². The van der Waals surface area contributed by atoms with Crippen LogP contribution in [0.3, 0.4) is 0 Å². The molecule has 1 aliphatic heterocycles. The molecule has 1 fully saturated rings. The maximum Gasteiger partial charge on any atom is 0.242 e. The maximum absolute atomic E-state index is 12.4. The number of nitrogens with zero attached hydrogens (tertiary/aromatic N) is 2. The number of aryl methyl sites for hydroxylation is 1. The molecule has 0 atom stereocenters. The van der Waals surface area contributed by atoms with E-state index in [4.69, 9.17) is 11.6 Å². The van der Waals surface area contributed by atoms with Crippen molar-refractivity contribution in [1.82, 2.24) is 14.5 Å². The van der Waals surface area contributed by atoms with Gasteiger partial charge in [-0.3, -0.25) is 9.69 Å². The molecule has 0 aliphatic carbocycles. The van der Waals surface area contributed by atoms with Gasteiger partial charge in [0.25, 0.3) is 0 Å². The van der Waals surface area contributed by atoms with Crippen LogP contribution in [0.4, 0.5) is 0 Å². The van der Waals surface area contributed by atoms with Crippen LogP contribution in [-0.2, 0) is 21.4 Å². The van der Waals surface area contributed by atoms with Gasteiger partial charge in [-0.2, -0.15) is 0 Å². The molecule has 8 heteroatoms. The molecule has 1 heterocycles. The predicted octanol–water partition coefficient (Wildman–Crippen LogP) is 2.66.